The average Bonchev–Trinajstić information content (AvgIpc) is 3.40. The lowest BCUT2D eigenvalue weighted by atomic mass is 9.93. The van der Waals surface area contributed by atoms with Crippen molar-refractivity contribution in [3.63, 3.8) is 0 Å². The van der Waals surface area contributed by atoms with Crippen LogP contribution in [0.15, 0.2) is 24.5 Å². The smallest absolute Gasteiger partial charge is 0.339 e. The molecule has 1 aliphatic carbocycles. The van der Waals surface area contributed by atoms with Gasteiger partial charge in [0.05, 0.1) is 17.6 Å². The van der Waals surface area contributed by atoms with E-state index in [0.29, 0.717) is 12.4 Å². The molecule has 1 saturated heterocycles. The summed E-state index contributed by atoms with van der Waals surface area (Å²) < 4.78 is 0. The lowest BCUT2D eigenvalue weighted by Crippen LogP contribution is -2.36. The number of anilines is 2. The normalized spacial score (nSPS) is 20.3. The molecule has 1 saturated carbocycles. The number of nitrogens with zero attached hydrogens (tertiary/aromatic N) is 3. The molecule has 2 aliphatic rings. The number of carbonyl (C=O) groups excluding carboxylic acids is 1. The zero-order valence-corrected chi connectivity index (χ0v) is 15.7. The molecule has 2 aromatic heterocycles. The molecule has 0 radical (unpaired) electrons. The zero-order chi connectivity index (χ0) is 19.5. The molecule has 1 aliphatic heterocycles. The summed E-state index contributed by atoms with van der Waals surface area (Å²) in [5.74, 6) is -0.186. The molecule has 0 bridgehead atoms. The maximum atomic E-state index is 12.5. The van der Waals surface area contributed by atoms with Crippen molar-refractivity contribution in [1.29, 1.82) is 0 Å². The molecule has 2 fully saturated rings. The van der Waals surface area contributed by atoms with Crippen molar-refractivity contribution in [3.8, 4) is 0 Å². The monoisotopic (exact) mass is 383 g/mol. The van der Waals surface area contributed by atoms with Crippen LogP contribution < -0.4 is 10.2 Å². The topological polar surface area (TPSA) is 111 Å². The van der Waals surface area contributed by atoms with Gasteiger partial charge in [0.15, 0.2) is 0 Å². The second-order valence-corrected chi connectivity index (χ2v) is 7.63. The number of rotatable bonds is 5. The minimum absolute atomic E-state index is 0.0747. The van der Waals surface area contributed by atoms with Crippen LogP contribution in [0.4, 0.5) is 11.5 Å². The summed E-state index contributed by atoms with van der Waals surface area (Å²) in [7, 11) is 0. The molecular formula is C20H25N5O3. The highest BCUT2D eigenvalue weighted by Crippen LogP contribution is 2.34. The van der Waals surface area contributed by atoms with Gasteiger partial charge in [0, 0.05) is 31.1 Å². The van der Waals surface area contributed by atoms with E-state index in [1.807, 2.05) is 4.90 Å². The minimum atomic E-state index is -0.976. The molecule has 3 heterocycles. The third kappa shape index (κ3) is 3.72. The highest BCUT2D eigenvalue weighted by molar-refractivity contribution is 5.94. The third-order valence-corrected chi connectivity index (χ3v) is 5.80. The van der Waals surface area contributed by atoms with Crippen LogP contribution in [0.1, 0.15) is 60.5 Å². The number of nitrogens with one attached hydrogen (secondary N) is 2. The van der Waals surface area contributed by atoms with Crippen LogP contribution in [0.25, 0.3) is 0 Å². The first-order valence-electron chi connectivity index (χ1n) is 9.91. The molecular weight excluding hydrogens is 358 g/mol. The second-order valence-electron chi connectivity index (χ2n) is 7.63. The molecule has 4 rings (SSSR count). The Morgan fingerprint density at radius 3 is 2.82 bits per heavy atom. The van der Waals surface area contributed by atoms with E-state index in [4.69, 9.17) is 0 Å². The van der Waals surface area contributed by atoms with Crippen LogP contribution in [0, 0.1) is 5.92 Å². The lowest BCUT2D eigenvalue weighted by Gasteiger charge is -2.34. The van der Waals surface area contributed by atoms with E-state index >= 15 is 0 Å². The Bertz CT molecular complexity index is 859. The van der Waals surface area contributed by atoms with Crippen molar-refractivity contribution in [2.75, 3.05) is 23.3 Å². The zero-order valence-electron chi connectivity index (χ0n) is 15.7. The van der Waals surface area contributed by atoms with E-state index in [1.165, 1.54) is 0 Å². The van der Waals surface area contributed by atoms with Crippen molar-refractivity contribution in [2.24, 2.45) is 5.92 Å². The first-order valence-corrected chi connectivity index (χ1v) is 9.91. The summed E-state index contributed by atoms with van der Waals surface area (Å²) in [4.78, 5) is 30.4. The molecule has 28 heavy (non-hydrogen) atoms. The van der Waals surface area contributed by atoms with E-state index < -0.39 is 5.97 Å². The molecule has 1 amide bonds. The van der Waals surface area contributed by atoms with Gasteiger partial charge in [-0.15, -0.1) is 0 Å². The molecule has 3 N–H and O–H groups in total. The van der Waals surface area contributed by atoms with Crippen molar-refractivity contribution < 1.29 is 14.7 Å². The van der Waals surface area contributed by atoms with Gasteiger partial charge >= 0.3 is 5.97 Å². The quantitative estimate of drug-likeness (QED) is 0.732. The van der Waals surface area contributed by atoms with E-state index in [2.05, 4.69) is 20.5 Å². The SMILES string of the molecule is O=C(O)c1cccnc1N1CCCC(c2[nH]ncc2NC(=O)C2CCCC2)C1. The van der Waals surface area contributed by atoms with Crippen LogP contribution >= 0.6 is 0 Å². The predicted octanol–water partition coefficient (Wildman–Crippen LogP) is 3.02. The highest BCUT2D eigenvalue weighted by Gasteiger charge is 2.29. The van der Waals surface area contributed by atoms with Crippen LogP contribution in [-0.2, 0) is 4.79 Å². The second kappa shape index (κ2) is 8.00. The van der Waals surface area contributed by atoms with Gasteiger partial charge in [-0.1, -0.05) is 12.8 Å². The molecule has 1 atom stereocenters. The molecule has 8 nitrogen and oxygen atoms in total. The number of hydrogen-bond acceptors (Lipinski definition) is 5. The van der Waals surface area contributed by atoms with E-state index in [-0.39, 0.29) is 23.3 Å². The van der Waals surface area contributed by atoms with Crippen LogP contribution in [-0.4, -0.2) is 45.3 Å². The lowest BCUT2D eigenvalue weighted by molar-refractivity contribution is -0.119. The number of H-pyrrole nitrogens is 1. The number of carboxylic acids is 1. The van der Waals surface area contributed by atoms with Crippen LogP contribution in [0.5, 0.6) is 0 Å². The first-order chi connectivity index (χ1) is 13.6. The molecule has 0 spiro atoms. The maximum absolute atomic E-state index is 12.5. The van der Waals surface area contributed by atoms with Crippen molar-refractivity contribution in [3.05, 3.63) is 35.8 Å². The number of aromatic carboxylic acids is 1. The number of carbonyl (C=O) groups is 2. The molecule has 1 unspecified atom stereocenters. The minimum Gasteiger partial charge on any atom is -0.478 e. The van der Waals surface area contributed by atoms with Gasteiger partial charge in [-0.3, -0.25) is 9.89 Å². The highest BCUT2D eigenvalue weighted by atomic mass is 16.4. The number of amides is 1. The van der Waals surface area contributed by atoms with Crippen molar-refractivity contribution in [2.45, 2.75) is 44.4 Å². The summed E-state index contributed by atoms with van der Waals surface area (Å²) in [6.45, 7) is 1.39. The predicted molar refractivity (Wildman–Crippen MR) is 105 cm³/mol. The number of aromatic nitrogens is 3. The van der Waals surface area contributed by atoms with Gasteiger partial charge in [0.1, 0.15) is 11.4 Å². The Labute approximate surface area is 163 Å². The Hall–Kier alpha value is -2.90. The number of carboxylic acid groups (broad SMARTS) is 1. The maximum Gasteiger partial charge on any atom is 0.339 e. The number of pyridine rings is 1. The van der Waals surface area contributed by atoms with Crippen molar-refractivity contribution in [1.82, 2.24) is 15.2 Å². The Kier molecular flexibility index (Phi) is 5.27. The summed E-state index contributed by atoms with van der Waals surface area (Å²) >= 11 is 0. The summed E-state index contributed by atoms with van der Waals surface area (Å²) in [6, 6.07) is 3.22. The summed E-state index contributed by atoms with van der Waals surface area (Å²) in [5, 5.41) is 19.7. The number of piperidine rings is 1. The standard InChI is InChI=1S/C20H25N5O3/c26-19(13-5-1-2-6-13)23-16-11-22-24-17(16)14-7-4-10-25(12-14)18-15(20(27)28)8-3-9-21-18/h3,8-9,11,13-14H,1-2,4-7,10,12H2,(H,22,24)(H,23,26)(H,27,28). The Morgan fingerprint density at radius 2 is 2.04 bits per heavy atom. The molecule has 0 aromatic carbocycles. The molecule has 148 valence electrons. The molecule has 8 heteroatoms. The first kappa shape index (κ1) is 18.5. The van der Waals surface area contributed by atoms with Gasteiger partial charge < -0.3 is 15.3 Å². The van der Waals surface area contributed by atoms with Crippen LogP contribution in [0.2, 0.25) is 0 Å². The third-order valence-electron chi connectivity index (χ3n) is 5.80. The molecule has 2 aromatic rings. The van der Waals surface area contributed by atoms with E-state index in [0.717, 1.165) is 56.5 Å². The van der Waals surface area contributed by atoms with Gasteiger partial charge in [-0.05, 0) is 37.8 Å². The average molecular weight is 383 g/mol. The summed E-state index contributed by atoms with van der Waals surface area (Å²) in [5.41, 5.74) is 1.86. The number of hydrogen-bond donors (Lipinski definition) is 3. The van der Waals surface area contributed by atoms with Gasteiger partial charge in [0.25, 0.3) is 0 Å². The van der Waals surface area contributed by atoms with E-state index in [1.54, 1.807) is 24.5 Å². The fourth-order valence-corrected chi connectivity index (χ4v) is 4.35. The van der Waals surface area contributed by atoms with Gasteiger partial charge in [-0.25, -0.2) is 9.78 Å². The summed E-state index contributed by atoms with van der Waals surface area (Å²) in [6.07, 6.45) is 9.28. The Balaban J connectivity index is 1.51. The van der Waals surface area contributed by atoms with Crippen molar-refractivity contribution >= 4 is 23.4 Å². The number of aromatic amines is 1. The fourth-order valence-electron chi connectivity index (χ4n) is 4.35. The van der Waals surface area contributed by atoms with Gasteiger partial charge in [0.2, 0.25) is 5.91 Å². The largest absolute Gasteiger partial charge is 0.478 e. The van der Waals surface area contributed by atoms with Gasteiger partial charge in [-0.2, -0.15) is 5.10 Å². The van der Waals surface area contributed by atoms with Crippen LogP contribution in [0.3, 0.4) is 0 Å². The van der Waals surface area contributed by atoms with E-state index in [9.17, 15) is 14.7 Å². The fraction of sp³-hybridized carbons (Fsp3) is 0.500. The Morgan fingerprint density at radius 1 is 1.21 bits per heavy atom.